The van der Waals surface area contributed by atoms with Gasteiger partial charge in [0.15, 0.2) is 0 Å². The van der Waals surface area contributed by atoms with Crippen molar-refractivity contribution < 1.29 is 0 Å². The first kappa shape index (κ1) is 16.4. The van der Waals surface area contributed by atoms with Crippen LogP contribution in [0.1, 0.15) is 37.6 Å². The Kier molecular flexibility index (Phi) is 3.28. The molecule has 134 valence electrons. The SMILES string of the molecule is Cc1cc2cccc3c4cc(CC(C)(C)C)cc5c(C)nnc(c(c1)c23)c54. The summed E-state index contributed by atoms with van der Waals surface area (Å²) in [6, 6.07) is 15.9. The smallest absolute Gasteiger partial charge is 0.102 e. The van der Waals surface area contributed by atoms with Crippen LogP contribution in [0.15, 0.2) is 42.5 Å². The van der Waals surface area contributed by atoms with Crippen LogP contribution in [-0.2, 0) is 6.42 Å². The summed E-state index contributed by atoms with van der Waals surface area (Å²) in [4.78, 5) is 0. The van der Waals surface area contributed by atoms with Crippen LogP contribution in [0.2, 0.25) is 0 Å². The Morgan fingerprint density at radius 1 is 0.778 bits per heavy atom. The number of fused-ring (bicyclic) bond motifs is 2. The Morgan fingerprint density at radius 3 is 2.33 bits per heavy atom. The first-order chi connectivity index (χ1) is 12.8. The van der Waals surface area contributed by atoms with Crippen molar-refractivity contribution in [1.29, 1.82) is 0 Å². The maximum absolute atomic E-state index is 4.66. The van der Waals surface area contributed by atoms with Crippen molar-refractivity contribution in [3.05, 3.63) is 59.3 Å². The van der Waals surface area contributed by atoms with Gasteiger partial charge in [-0.3, -0.25) is 0 Å². The Hall–Kier alpha value is -2.74. The van der Waals surface area contributed by atoms with Gasteiger partial charge in [0.1, 0.15) is 5.52 Å². The van der Waals surface area contributed by atoms with E-state index in [0.29, 0.717) is 0 Å². The average molecular weight is 352 g/mol. The zero-order chi connectivity index (χ0) is 18.9. The predicted molar refractivity (Wildman–Crippen MR) is 116 cm³/mol. The maximum Gasteiger partial charge on any atom is 0.102 e. The molecule has 0 aliphatic carbocycles. The summed E-state index contributed by atoms with van der Waals surface area (Å²) in [6.45, 7) is 11.1. The van der Waals surface area contributed by atoms with Crippen LogP contribution in [0.25, 0.3) is 43.2 Å². The maximum atomic E-state index is 4.66. The van der Waals surface area contributed by atoms with Gasteiger partial charge >= 0.3 is 0 Å². The van der Waals surface area contributed by atoms with Crippen LogP contribution in [-0.4, -0.2) is 10.2 Å². The number of hydrogen-bond acceptors (Lipinski definition) is 2. The fraction of sp³-hybridized carbons (Fsp3) is 0.280. The average Bonchev–Trinajstić information content (AvgIpc) is 2.59. The summed E-state index contributed by atoms with van der Waals surface area (Å²) < 4.78 is 0. The van der Waals surface area contributed by atoms with Crippen molar-refractivity contribution in [3.63, 3.8) is 0 Å². The minimum absolute atomic E-state index is 0.243. The number of aromatic nitrogens is 2. The molecule has 0 fully saturated rings. The van der Waals surface area contributed by atoms with E-state index in [4.69, 9.17) is 0 Å². The van der Waals surface area contributed by atoms with Crippen molar-refractivity contribution in [2.45, 2.75) is 41.0 Å². The molecule has 2 nitrogen and oxygen atoms in total. The first-order valence-corrected chi connectivity index (χ1v) is 9.66. The van der Waals surface area contributed by atoms with E-state index < -0.39 is 0 Å². The molecule has 1 aromatic heterocycles. The van der Waals surface area contributed by atoms with E-state index >= 15 is 0 Å². The second-order valence-electron chi connectivity index (χ2n) is 9.15. The van der Waals surface area contributed by atoms with Gasteiger partial charge < -0.3 is 0 Å². The van der Waals surface area contributed by atoms with Gasteiger partial charge in [0, 0.05) is 16.2 Å². The zero-order valence-corrected chi connectivity index (χ0v) is 16.6. The Morgan fingerprint density at radius 2 is 1.56 bits per heavy atom. The molecule has 2 heteroatoms. The minimum atomic E-state index is 0.243. The highest BCUT2D eigenvalue weighted by Gasteiger charge is 2.19. The lowest BCUT2D eigenvalue weighted by Gasteiger charge is -2.20. The molecule has 0 atom stereocenters. The number of benzene rings is 4. The van der Waals surface area contributed by atoms with Gasteiger partial charge in [0.05, 0.1) is 5.69 Å². The largest absolute Gasteiger partial charge is 0.155 e. The highest BCUT2D eigenvalue weighted by Crippen LogP contribution is 2.41. The van der Waals surface area contributed by atoms with Gasteiger partial charge in [-0.1, -0.05) is 51.1 Å². The number of hydrogen-bond donors (Lipinski definition) is 0. The topological polar surface area (TPSA) is 25.8 Å². The number of aryl methyl sites for hydroxylation is 2. The predicted octanol–water partition coefficient (Wildman–Crippen LogP) is 6.73. The number of rotatable bonds is 1. The molecule has 0 bridgehead atoms. The summed E-state index contributed by atoms with van der Waals surface area (Å²) in [5.74, 6) is 0. The van der Waals surface area contributed by atoms with Crippen molar-refractivity contribution >= 4 is 43.2 Å². The molecule has 5 aromatic rings. The minimum Gasteiger partial charge on any atom is -0.155 e. The second kappa shape index (κ2) is 5.39. The quantitative estimate of drug-likeness (QED) is 0.247. The van der Waals surface area contributed by atoms with Crippen molar-refractivity contribution in [3.8, 4) is 0 Å². The standard InChI is InChI=1S/C25H24N2/c1-14-9-17-7-6-8-18-20-12-16(13-25(3,4)5)11-19-15(2)26-27-24(23(19)20)21(10-14)22(17)18/h6-12H,13H2,1-5H3. The third-order valence-electron chi connectivity index (χ3n) is 5.53. The van der Waals surface area contributed by atoms with Gasteiger partial charge in [-0.15, -0.1) is 5.10 Å². The summed E-state index contributed by atoms with van der Waals surface area (Å²) in [5.41, 5.74) is 4.92. The van der Waals surface area contributed by atoms with E-state index in [9.17, 15) is 0 Å². The highest BCUT2D eigenvalue weighted by molar-refractivity contribution is 6.32. The summed E-state index contributed by atoms with van der Waals surface area (Å²) >= 11 is 0. The van der Waals surface area contributed by atoms with Crippen LogP contribution >= 0.6 is 0 Å². The third kappa shape index (κ3) is 2.47. The molecule has 1 heterocycles. The van der Waals surface area contributed by atoms with Gasteiger partial charge in [-0.2, -0.15) is 5.10 Å². The molecule has 0 radical (unpaired) electrons. The van der Waals surface area contributed by atoms with Crippen molar-refractivity contribution in [1.82, 2.24) is 10.2 Å². The lowest BCUT2D eigenvalue weighted by atomic mass is 9.85. The lowest BCUT2D eigenvalue weighted by Crippen LogP contribution is -2.09. The Bertz CT molecular complexity index is 1340. The highest BCUT2D eigenvalue weighted by atomic mass is 15.1. The third-order valence-corrected chi connectivity index (χ3v) is 5.53. The van der Waals surface area contributed by atoms with E-state index in [2.05, 4.69) is 87.3 Å². The zero-order valence-electron chi connectivity index (χ0n) is 16.6. The number of nitrogens with zero attached hydrogens (tertiary/aromatic N) is 2. The van der Waals surface area contributed by atoms with Crippen molar-refractivity contribution in [2.75, 3.05) is 0 Å². The van der Waals surface area contributed by atoms with E-state index in [-0.39, 0.29) is 5.41 Å². The molecule has 0 N–H and O–H groups in total. The molecular formula is C25H24N2. The monoisotopic (exact) mass is 352 g/mol. The van der Waals surface area contributed by atoms with E-state index in [1.54, 1.807) is 0 Å². The molecule has 27 heavy (non-hydrogen) atoms. The molecule has 0 saturated heterocycles. The van der Waals surface area contributed by atoms with Gasteiger partial charge in [-0.25, -0.2) is 0 Å². The second-order valence-corrected chi connectivity index (χ2v) is 9.15. The van der Waals surface area contributed by atoms with Crippen LogP contribution in [0.3, 0.4) is 0 Å². The van der Waals surface area contributed by atoms with Gasteiger partial charge in [0.2, 0.25) is 0 Å². The molecule has 5 rings (SSSR count). The first-order valence-electron chi connectivity index (χ1n) is 9.66. The molecule has 0 saturated carbocycles. The molecule has 0 aliphatic rings. The van der Waals surface area contributed by atoms with Crippen LogP contribution < -0.4 is 0 Å². The van der Waals surface area contributed by atoms with E-state index in [0.717, 1.165) is 17.6 Å². The lowest BCUT2D eigenvalue weighted by molar-refractivity contribution is 0.411. The summed E-state index contributed by atoms with van der Waals surface area (Å²) in [7, 11) is 0. The van der Waals surface area contributed by atoms with Gasteiger partial charge in [-0.05, 0) is 70.5 Å². The molecule has 0 amide bonds. The van der Waals surface area contributed by atoms with Crippen molar-refractivity contribution in [2.24, 2.45) is 5.41 Å². The fourth-order valence-electron chi connectivity index (χ4n) is 4.58. The molecule has 4 aromatic carbocycles. The Balaban J connectivity index is 2.06. The molecule has 0 aliphatic heterocycles. The van der Waals surface area contributed by atoms with Crippen LogP contribution in [0.5, 0.6) is 0 Å². The summed E-state index contributed by atoms with van der Waals surface area (Å²) in [5, 5.41) is 18.1. The molecule has 0 unspecified atom stereocenters. The van der Waals surface area contributed by atoms with E-state index in [1.807, 2.05) is 0 Å². The fourth-order valence-corrected chi connectivity index (χ4v) is 4.58. The molecule has 0 spiro atoms. The summed E-state index contributed by atoms with van der Waals surface area (Å²) in [6.07, 6.45) is 1.05. The Labute approximate surface area is 159 Å². The molecular weight excluding hydrogens is 328 g/mol. The van der Waals surface area contributed by atoms with Crippen LogP contribution in [0, 0.1) is 19.3 Å². The van der Waals surface area contributed by atoms with E-state index in [1.165, 1.54) is 48.8 Å². The normalized spacial score (nSPS) is 12.8. The van der Waals surface area contributed by atoms with Crippen LogP contribution in [0.4, 0.5) is 0 Å². The van der Waals surface area contributed by atoms with Gasteiger partial charge in [0.25, 0.3) is 0 Å².